The highest BCUT2D eigenvalue weighted by Crippen LogP contribution is 2.27. The normalized spacial score (nSPS) is 12.5. The number of aliphatic hydroxyl groups is 1. The number of methoxy groups -OCH3 is 1. The summed E-state index contributed by atoms with van der Waals surface area (Å²) in [6.45, 7) is 0.831. The van der Waals surface area contributed by atoms with Gasteiger partial charge in [-0.3, -0.25) is 9.67 Å². The van der Waals surface area contributed by atoms with Crippen LogP contribution >= 0.6 is 0 Å². The summed E-state index contributed by atoms with van der Waals surface area (Å²) in [6, 6.07) is 20.0. The molecule has 37 heavy (non-hydrogen) atoms. The fourth-order valence-corrected chi connectivity index (χ4v) is 4.24. The van der Waals surface area contributed by atoms with E-state index in [1.54, 1.807) is 13.3 Å². The molecule has 0 aliphatic heterocycles. The van der Waals surface area contributed by atoms with Crippen LogP contribution in [0.5, 0.6) is 11.5 Å². The van der Waals surface area contributed by atoms with Gasteiger partial charge in [-0.25, -0.2) is 0 Å². The van der Waals surface area contributed by atoms with Gasteiger partial charge in [0.1, 0.15) is 18.1 Å². The molecule has 0 saturated heterocycles. The number of ether oxygens (including phenoxy) is 2. The number of aromatic nitrogens is 3. The first-order valence-electron chi connectivity index (χ1n) is 12.3. The van der Waals surface area contributed by atoms with Gasteiger partial charge in [-0.1, -0.05) is 42.5 Å². The highest BCUT2D eigenvalue weighted by molar-refractivity contribution is 5.75. The number of fused-ring (bicyclic) bond motifs is 1. The molecular weight excluding hydrogens is 462 g/mol. The van der Waals surface area contributed by atoms with Crippen molar-refractivity contribution in [1.29, 1.82) is 0 Å². The first-order valence-corrected chi connectivity index (χ1v) is 12.3. The van der Waals surface area contributed by atoms with Gasteiger partial charge in [0, 0.05) is 17.8 Å². The van der Waals surface area contributed by atoms with Crippen LogP contribution in [0.2, 0.25) is 0 Å². The Balaban J connectivity index is 1.30. The molecule has 0 saturated carbocycles. The number of allylic oxidation sites excluding steroid dienone is 1. The largest absolute Gasteiger partial charge is 0.496 e. The monoisotopic (exact) mass is 491 g/mol. The maximum atomic E-state index is 9.52. The molecule has 1 N–H and O–H groups in total. The zero-order chi connectivity index (χ0) is 25.5. The predicted molar refractivity (Wildman–Crippen MR) is 148 cm³/mol. The minimum absolute atomic E-state index is 0.0178. The first-order chi connectivity index (χ1) is 18.2. The highest BCUT2D eigenvalue weighted by atomic mass is 16.5. The number of rotatable bonds is 10. The van der Waals surface area contributed by atoms with E-state index in [0.29, 0.717) is 24.7 Å². The van der Waals surface area contributed by atoms with Gasteiger partial charge < -0.3 is 14.6 Å². The Bertz CT molecular complexity index is 1450. The van der Waals surface area contributed by atoms with Gasteiger partial charge in [0.15, 0.2) is 0 Å². The topological polar surface area (TPSA) is 69.4 Å². The number of hydrogen-bond donors (Lipinski definition) is 1. The van der Waals surface area contributed by atoms with Crippen molar-refractivity contribution in [3.8, 4) is 11.5 Å². The molecule has 2 heterocycles. The van der Waals surface area contributed by atoms with Crippen molar-refractivity contribution < 1.29 is 14.6 Å². The third-order valence-corrected chi connectivity index (χ3v) is 6.14. The van der Waals surface area contributed by atoms with Crippen molar-refractivity contribution in [2.75, 3.05) is 13.7 Å². The molecule has 186 valence electrons. The lowest BCUT2D eigenvalue weighted by molar-refractivity contribution is 0.269. The zero-order valence-corrected chi connectivity index (χ0v) is 20.7. The Morgan fingerprint density at radius 1 is 1.00 bits per heavy atom. The molecule has 1 aliphatic carbocycles. The maximum absolute atomic E-state index is 9.52. The Morgan fingerprint density at radius 3 is 2.78 bits per heavy atom. The van der Waals surface area contributed by atoms with E-state index in [9.17, 15) is 5.11 Å². The lowest BCUT2D eigenvalue weighted by Crippen LogP contribution is -2.05. The number of hydrogen-bond acceptors (Lipinski definition) is 5. The Morgan fingerprint density at radius 2 is 1.95 bits per heavy atom. The SMILES string of the molecule is COc1cc(OCc2ccccn2)ccc1/C=C/c1cc(/C=C/c2ccc3c(c2)CC=C3)n(CCO)n1. The fourth-order valence-electron chi connectivity index (χ4n) is 4.24. The summed E-state index contributed by atoms with van der Waals surface area (Å²) in [5.41, 5.74) is 7.28. The lowest BCUT2D eigenvalue weighted by Gasteiger charge is -2.09. The fraction of sp³-hybridized carbons (Fsp3) is 0.161. The van der Waals surface area contributed by atoms with E-state index >= 15 is 0 Å². The quantitative estimate of drug-likeness (QED) is 0.305. The molecule has 0 unspecified atom stereocenters. The second-order valence-corrected chi connectivity index (χ2v) is 8.69. The third-order valence-electron chi connectivity index (χ3n) is 6.14. The molecule has 2 aromatic carbocycles. The summed E-state index contributed by atoms with van der Waals surface area (Å²) in [5, 5.41) is 14.2. The third kappa shape index (κ3) is 6.05. The molecule has 4 aromatic rings. The van der Waals surface area contributed by atoms with Gasteiger partial charge in [0.25, 0.3) is 0 Å². The molecule has 0 radical (unpaired) electrons. The van der Waals surface area contributed by atoms with Crippen molar-refractivity contribution >= 4 is 30.4 Å². The molecule has 2 aromatic heterocycles. The van der Waals surface area contributed by atoms with E-state index in [1.165, 1.54) is 11.1 Å². The van der Waals surface area contributed by atoms with E-state index in [4.69, 9.17) is 9.47 Å². The van der Waals surface area contributed by atoms with Crippen molar-refractivity contribution in [2.24, 2.45) is 0 Å². The van der Waals surface area contributed by atoms with Gasteiger partial charge in [-0.05, 0) is 71.7 Å². The standard InChI is InChI=1S/C31H29N3O3/c1-36-31-21-30(37-22-28-7-2-3-16-32-28)15-12-25(31)11-13-27-20-29(34(33-27)17-18-35)14-9-23-8-10-24-5-4-6-26(24)19-23/h2-5,7-16,19-21,35H,6,17-18,22H2,1H3/b13-11+,14-9+. The Labute approximate surface area is 216 Å². The van der Waals surface area contributed by atoms with Crippen molar-refractivity contribution in [2.45, 2.75) is 19.6 Å². The van der Waals surface area contributed by atoms with E-state index in [2.05, 4.69) is 46.5 Å². The summed E-state index contributed by atoms with van der Waals surface area (Å²) in [5.74, 6) is 1.41. The van der Waals surface area contributed by atoms with Crippen LogP contribution in [0, 0.1) is 0 Å². The van der Waals surface area contributed by atoms with E-state index in [0.717, 1.165) is 34.6 Å². The summed E-state index contributed by atoms with van der Waals surface area (Å²) in [4.78, 5) is 4.28. The van der Waals surface area contributed by atoms with Crippen LogP contribution in [0.4, 0.5) is 0 Å². The van der Waals surface area contributed by atoms with E-state index < -0.39 is 0 Å². The maximum Gasteiger partial charge on any atom is 0.130 e. The molecule has 0 bridgehead atoms. The average molecular weight is 492 g/mol. The number of benzene rings is 2. The summed E-state index contributed by atoms with van der Waals surface area (Å²) in [6.07, 6.45) is 15.1. The smallest absolute Gasteiger partial charge is 0.130 e. The molecule has 0 amide bonds. The van der Waals surface area contributed by atoms with Gasteiger partial charge in [-0.15, -0.1) is 0 Å². The van der Waals surface area contributed by atoms with Crippen LogP contribution in [0.1, 0.15) is 39.3 Å². The number of nitrogens with zero attached hydrogens (tertiary/aromatic N) is 3. The van der Waals surface area contributed by atoms with E-state index in [1.807, 2.05) is 65.4 Å². The van der Waals surface area contributed by atoms with Crippen molar-refractivity contribution in [1.82, 2.24) is 14.8 Å². The summed E-state index contributed by atoms with van der Waals surface area (Å²) >= 11 is 0. The lowest BCUT2D eigenvalue weighted by atomic mass is 10.1. The summed E-state index contributed by atoms with van der Waals surface area (Å²) in [7, 11) is 1.64. The number of pyridine rings is 1. The Kier molecular flexibility index (Phi) is 7.58. The highest BCUT2D eigenvalue weighted by Gasteiger charge is 2.08. The van der Waals surface area contributed by atoms with Crippen LogP contribution in [-0.2, 0) is 19.6 Å². The van der Waals surface area contributed by atoms with Crippen LogP contribution < -0.4 is 9.47 Å². The number of aliphatic hydroxyl groups excluding tert-OH is 1. The molecule has 1 aliphatic rings. The molecule has 5 rings (SSSR count). The second kappa shape index (κ2) is 11.5. The van der Waals surface area contributed by atoms with Crippen LogP contribution in [-0.4, -0.2) is 33.6 Å². The van der Waals surface area contributed by atoms with Gasteiger partial charge in [-0.2, -0.15) is 5.10 Å². The van der Waals surface area contributed by atoms with Crippen molar-refractivity contribution in [3.05, 3.63) is 112 Å². The molecule has 0 atom stereocenters. The zero-order valence-electron chi connectivity index (χ0n) is 20.7. The van der Waals surface area contributed by atoms with Gasteiger partial charge in [0.05, 0.1) is 37.3 Å². The molecular formula is C31H29N3O3. The minimum atomic E-state index is 0.0178. The first kappa shape index (κ1) is 24.3. The average Bonchev–Trinajstić information content (AvgIpc) is 3.57. The molecule has 6 nitrogen and oxygen atoms in total. The van der Waals surface area contributed by atoms with Crippen molar-refractivity contribution in [3.63, 3.8) is 0 Å². The second-order valence-electron chi connectivity index (χ2n) is 8.69. The molecule has 0 spiro atoms. The molecule has 0 fully saturated rings. The van der Waals surface area contributed by atoms with Crippen LogP contribution in [0.25, 0.3) is 30.4 Å². The predicted octanol–water partition coefficient (Wildman–Crippen LogP) is 5.77. The molecule has 6 heteroatoms. The van der Waals surface area contributed by atoms with Crippen LogP contribution in [0.15, 0.2) is 72.9 Å². The van der Waals surface area contributed by atoms with Crippen LogP contribution in [0.3, 0.4) is 0 Å². The minimum Gasteiger partial charge on any atom is -0.496 e. The summed E-state index contributed by atoms with van der Waals surface area (Å²) < 4.78 is 13.3. The van der Waals surface area contributed by atoms with E-state index in [-0.39, 0.29) is 6.61 Å². The Hall–Kier alpha value is -4.42. The van der Waals surface area contributed by atoms with Gasteiger partial charge >= 0.3 is 0 Å². The van der Waals surface area contributed by atoms with Gasteiger partial charge in [0.2, 0.25) is 0 Å².